The van der Waals surface area contributed by atoms with E-state index < -0.39 is 18.3 Å². The lowest BCUT2D eigenvalue weighted by atomic mass is 9.97. The first-order valence-electron chi connectivity index (χ1n) is 4.38. The summed E-state index contributed by atoms with van der Waals surface area (Å²) in [5.41, 5.74) is 5.34. The van der Waals surface area contributed by atoms with Gasteiger partial charge in [0, 0.05) is 12.1 Å². The smallest absolute Gasteiger partial charge is 0.324 e. The maximum Gasteiger partial charge on any atom is 0.401 e. The Morgan fingerprint density at radius 3 is 2.23 bits per heavy atom. The van der Waals surface area contributed by atoms with Crippen LogP contribution in [0.4, 0.5) is 13.2 Å². The van der Waals surface area contributed by atoms with Gasteiger partial charge in [0.2, 0.25) is 0 Å². The highest BCUT2D eigenvalue weighted by Crippen LogP contribution is 2.37. The van der Waals surface area contributed by atoms with Crippen molar-refractivity contribution >= 4 is 0 Å². The normalized spacial score (nSPS) is 22.8. The van der Waals surface area contributed by atoms with Crippen molar-refractivity contribution in [1.29, 1.82) is 0 Å². The van der Waals surface area contributed by atoms with Crippen LogP contribution in [0.1, 0.15) is 19.8 Å². The Labute approximate surface area is 75.7 Å². The van der Waals surface area contributed by atoms with Gasteiger partial charge in [-0.3, -0.25) is 0 Å². The molecule has 0 bridgehead atoms. The second kappa shape index (κ2) is 3.46. The molecule has 0 aromatic carbocycles. The van der Waals surface area contributed by atoms with E-state index in [1.54, 1.807) is 6.92 Å². The number of hydrogen-bond acceptors (Lipinski definition) is 2. The summed E-state index contributed by atoms with van der Waals surface area (Å²) in [6.07, 6.45) is -2.05. The van der Waals surface area contributed by atoms with Crippen molar-refractivity contribution in [3.05, 3.63) is 0 Å². The topological polar surface area (TPSA) is 38.0 Å². The molecule has 5 heteroatoms. The Bertz CT molecular complexity index is 173. The van der Waals surface area contributed by atoms with Crippen molar-refractivity contribution in [1.82, 2.24) is 5.32 Å². The highest BCUT2D eigenvalue weighted by molar-refractivity contribution is 4.96. The molecule has 1 saturated carbocycles. The van der Waals surface area contributed by atoms with Gasteiger partial charge >= 0.3 is 6.18 Å². The van der Waals surface area contributed by atoms with E-state index in [1.165, 1.54) is 0 Å². The van der Waals surface area contributed by atoms with E-state index in [4.69, 9.17) is 5.73 Å². The molecule has 1 aliphatic rings. The summed E-state index contributed by atoms with van der Waals surface area (Å²) < 4.78 is 35.2. The number of nitrogens with one attached hydrogen (secondary N) is 1. The molecule has 2 nitrogen and oxygen atoms in total. The van der Waals surface area contributed by atoms with Gasteiger partial charge in [-0.25, -0.2) is 0 Å². The molecule has 0 aromatic rings. The number of alkyl halides is 3. The summed E-state index contributed by atoms with van der Waals surface area (Å²) in [7, 11) is 0. The minimum Gasteiger partial charge on any atom is -0.324 e. The molecule has 0 heterocycles. The first-order chi connectivity index (χ1) is 5.81. The van der Waals surface area contributed by atoms with Crippen LogP contribution in [0, 0.1) is 5.92 Å². The van der Waals surface area contributed by atoms with Crippen LogP contribution in [0.15, 0.2) is 0 Å². The fraction of sp³-hybridized carbons (Fsp3) is 1.00. The minimum absolute atomic E-state index is 0.233. The largest absolute Gasteiger partial charge is 0.401 e. The van der Waals surface area contributed by atoms with E-state index in [-0.39, 0.29) is 6.54 Å². The summed E-state index contributed by atoms with van der Waals surface area (Å²) in [5, 5.41) is 2.34. The van der Waals surface area contributed by atoms with E-state index in [1.807, 2.05) is 0 Å². The van der Waals surface area contributed by atoms with E-state index in [0.717, 1.165) is 12.8 Å². The summed E-state index contributed by atoms with van der Waals surface area (Å²) in [6, 6.07) is 0. The quantitative estimate of drug-likeness (QED) is 0.710. The SMILES string of the molecule is CC(N)(CNCC(F)(F)F)C1CC1. The molecule has 3 N–H and O–H groups in total. The average molecular weight is 196 g/mol. The van der Waals surface area contributed by atoms with Crippen LogP contribution < -0.4 is 11.1 Å². The Balaban J connectivity index is 2.18. The van der Waals surface area contributed by atoms with Crippen molar-refractivity contribution in [2.24, 2.45) is 11.7 Å². The van der Waals surface area contributed by atoms with Crippen LogP contribution in [0.2, 0.25) is 0 Å². The Kier molecular flexibility index (Phi) is 2.87. The zero-order chi connectivity index (χ0) is 10.1. The van der Waals surface area contributed by atoms with E-state index in [9.17, 15) is 13.2 Å². The van der Waals surface area contributed by atoms with Gasteiger partial charge in [0.25, 0.3) is 0 Å². The molecule has 0 saturated heterocycles. The molecule has 0 aliphatic heterocycles. The van der Waals surface area contributed by atoms with E-state index in [2.05, 4.69) is 5.32 Å². The van der Waals surface area contributed by atoms with Gasteiger partial charge in [0.05, 0.1) is 6.54 Å². The van der Waals surface area contributed by atoms with Crippen LogP contribution in [0.3, 0.4) is 0 Å². The number of hydrogen-bond donors (Lipinski definition) is 2. The Morgan fingerprint density at radius 1 is 1.31 bits per heavy atom. The lowest BCUT2D eigenvalue weighted by Crippen LogP contribution is -2.49. The van der Waals surface area contributed by atoms with Crippen molar-refractivity contribution in [3.63, 3.8) is 0 Å². The molecule has 1 fully saturated rings. The Hall–Kier alpha value is -0.290. The maximum absolute atomic E-state index is 11.7. The molecule has 78 valence electrons. The van der Waals surface area contributed by atoms with Crippen molar-refractivity contribution in [2.45, 2.75) is 31.5 Å². The van der Waals surface area contributed by atoms with Gasteiger partial charge in [-0.2, -0.15) is 13.2 Å². The molecule has 0 radical (unpaired) electrons. The highest BCUT2D eigenvalue weighted by Gasteiger charge is 2.38. The van der Waals surface area contributed by atoms with E-state index in [0.29, 0.717) is 5.92 Å². The zero-order valence-corrected chi connectivity index (χ0v) is 7.62. The predicted molar refractivity (Wildman–Crippen MR) is 44.2 cm³/mol. The molecule has 0 amide bonds. The zero-order valence-electron chi connectivity index (χ0n) is 7.62. The summed E-state index contributed by atoms with van der Waals surface area (Å²) >= 11 is 0. The maximum atomic E-state index is 11.7. The number of nitrogens with two attached hydrogens (primary N) is 1. The first-order valence-corrected chi connectivity index (χ1v) is 4.38. The second-order valence-corrected chi connectivity index (χ2v) is 4.00. The lowest BCUT2D eigenvalue weighted by molar-refractivity contribution is -0.125. The fourth-order valence-corrected chi connectivity index (χ4v) is 1.36. The van der Waals surface area contributed by atoms with Gasteiger partial charge in [-0.05, 0) is 25.7 Å². The molecule has 0 spiro atoms. The molecular formula is C8H15F3N2. The first kappa shape index (κ1) is 10.8. The monoisotopic (exact) mass is 196 g/mol. The summed E-state index contributed by atoms with van der Waals surface area (Å²) in [4.78, 5) is 0. The third-order valence-corrected chi connectivity index (χ3v) is 2.34. The number of halogens is 3. The van der Waals surface area contributed by atoms with Crippen molar-refractivity contribution < 1.29 is 13.2 Å². The minimum atomic E-state index is -4.14. The molecule has 13 heavy (non-hydrogen) atoms. The molecule has 1 unspecified atom stereocenters. The molecule has 0 aromatic heterocycles. The van der Waals surface area contributed by atoms with Crippen molar-refractivity contribution in [2.75, 3.05) is 13.1 Å². The third-order valence-electron chi connectivity index (χ3n) is 2.34. The van der Waals surface area contributed by atoms with Gasteiger partial charge in [0.15, 0.2) is 0 Å². The summed E-state index contributed by atoms with van der Waals surface area (Å²) in [6.45, 7) is 1.08. The molecular weight excluding hydrogens is 181 g/mol. The fourth-order valence-electron chi connectivity index (χ4n) is 1.36. The average Bonchev–Trinajstić information content (AvgIpc) is 2.62. The van der Waals surface area contributed by atoms with Crippen LogP contribution in [0.5, 0.6) is 0 Å². The molecule has 1 atom stereocenters. The second-order valence-electron chi connectivity index (χ2n) is 4.00. The summed E-state index contributed by atoms with van der Waals surface area (Å²) in [5.74, 6) is 0.397. The van der Waals surface area contributed by atoms with Gasteiger partial charge in [-0.15, -0.1) is 0 Å². The van der Waals surface area contributed by atoms with Crippen LogP contribution in [-0.2, 0) is 0 Å². The van der Waals surface area contributed by atoms with Gasteiger partial charge in [0.1, 0.15) is 0 Å². The number of rotatable bonds is 4. The third kappa shape index (κ3) is 3.95. The van der Waals surface area contributed by atoms with Crippen LogP contribution in [0.25, 0.3) is 0 Å². The molecule has 1 aliphatic carbocycles. The predicted octanol–water partition coefficient (Wildman–Crippen LogP) is 1.27. The van der Waals surface area contributed by atoms with Gasteiger partial charge in [-0.1, -0.05) is 0 Å². The van der Waals surface area contributed by atoms with E-state index >= 15 is 0 Å². The van der Waals surface area contributed by atoms with Crippen LogP contribution in [-0.4, -0.2) is 24.8 Å². The highest BCUT2D eigenvalue weighted by atomic mass is 19.4. The van der Waals surface area contributed by atoms with Crippen molar-refractivity contribution in [3.8, 4) is 0 Å². The Morgan fingerprint density at radius 2 is 1.85 bits per heavy atom. The van der Waals surface area contributed by atoms with Crippen LogP contribution >= 0.6 is 0 Å². The lowest BCUT2D eigenvalue weighted by Gasteiger charge is -2.25. The van der Waals surface area contributed by atoms with Gasteiger partial charge < -0.3 is 11.1 Å². The molecule has 1 rings (SSSR count). The standard InChI is InChI=1S/C8H15F3N2/c1-7(12,6-2-3-6)4-13-5-8(9,10)11/h6,13H,2-5,12H2,1H3.